The fourth-order valence-corrected chi connectivity index (χ4v) is 2.98. The maximum absolute atomic E-state index is 4.35. The fraction of sp³-hybridized carbons (Fsp3) is 0.600. The van der Waals surface area contributed by atoms with Crippen LogP contribution < -0.4 is 4.90 Å². The zero-order valence-electron chi connectivity index (χ0n) is 8.94. The van der Waals surface area contributed by atoms with E-state index in [4.69, 9.17) is 0 Å². The van der Waals surface area contributed by atoms with Crippen LogP contribution in [0.25, 0.3) is 0 Å². The molecule has 1 aromatic rings. The van der Waals surface area contributed by atoms with Crippen LogP contribution in [-0.2, 0) is 0 Å². The van der Waals surface area contributed by atoms with Crippen LogP contribution in [0, 0.1) is 3.57 Å². The van der Waals surface area contributed by atoms with Crippen LogP contribution >= 0.6 is 38.5 Å². The van der Waals surface area contributed by atoms with Gasteiger partial charge in [-0.1, -0.05) is 15.9 Å². The quantitative estimate of drug-likeness (QED) is 0.573. The summed E-state index contributed by atoms with van der Waals surface area (Å²) < 4.78 is 1.13. The van der Waals surface area contributed by atoms with E-state index in [2.05, 4.69) is 58.3 Å². The van der Waals surface area contributed by atoms with E-state index in [1.54, 1.807) is 6.33 Å². The summed E-state index contributed by atoms with van der Waals surface area (Å²) in [5, 5.41) is 1.05. The van der Waals surface area contributed by atoms with Crippen molar-refractivity contribution in [3.63, 3.8) is 0 Å². The third kappa shape index (κ3) is 3.04. The highest BCUT2D eigenvalue weighted by Crippen LogP contribution is 2.19. The third-order valence-electron chi connectivity index (χ3n) is 2.72. The van der Waals surface area contributed by atoms with Crippen LogP contribution in [0.5, 0.6) is 0 Å². The Balaban J connectivity index is 1.96. The Kier molecular flexibility index (Phi) is 4.78. The number of anilines is 1. The molecule has 0 bridgehead atoms. The van der Waals surface area contributed by atoms with E-state index in [9.17, 15) is 0 Å². The van der Waals surface area contributed by atoms with Gasteiger partial charge >= 0.3 is 0 Å². The summed E-state index contributed by atoms with van der Waals surface area (Å²) in [5.74, 6) is 1.08. The van der Waals surface area contributed by atoms with Crippen molar-refractivity contribution in [2.24, 2.45) is 0 Å². The molecule has 0 saturated carbocycles. The van der Waals surface area contributed by atoms with Gasteiger partial charge in [0.1, 0.15) is 12.1 Å². The molecule has 0 amide bonds. The molecule has 0 aliphatic carbocycles. The molecule has 2 heterocycles. The van der Waals surface area contributed by atoms with Crippen molar-refractivity contribution in [1.82, 2.24) is 14.9 Å². The number of hydrogen-bond acceptors (Lipinski definition) is 4. The smallest absolute Gasteiger partial charge is 0.145 e. The van der Waals surface area contributed by atoms with Crippen molar-refractivity contribution in [3.8, 4) is 0 Å². The van der Waals surface area contributed by atoms with Crippen LogP contribution in [-0.4, -0.2) is 52.9 Å². The Morgan fingerprint density at radius 3 is 2.69 bits per heavy atom. The average molecular weight is 397 g/mol. The molecule has 16 heavy (non-hydrogen) atoms. The zero-order chi connectivity index (χ0) is 11.4. The lowest BCUT2D eigenvalue weighted by molar-refractivity contribution is 0.273. The largest absolute Gasteiger partial charge is 0.353 e. The first kappa shape index (κ1) is 12.5. The highest BCUT2D eigenvalue weighted by molar-refractivity contribution is 14.1. The van der Waals surface area contributed by atoms with Gasteiger partial charge < -0.3 is 4.90 Å². The van der Waals surface area contributed by atoms with Gasteiger partial charge in [0.15, 0.2) is 0 Å². The Bertz CT molecular complexity index is 341. The zero-order valence-corrected chi connectivity index (χ0v) is 12.7. The number of alkyl halides is 1. The summed E-state index contributed by atoms with van der Waals surface area (Å²) in [4.78, 5) is 13.2. The Morgan fingerprint density at radius 2 is 2.06 bits per heavy atom. The SMILES string of the molecule is BrCCN1CCN(c2ncncc2I)CC1. The van der Waals surface area contributed by atoms with Crippen molar-refractivity contribution in [2.45, 2.75) is 0 Å². The number of aromatic nitrogens is 2. The number of rotatable bonds is 3. The molecule has 6 heteroatoms. The van der Waals surface area contributed by atoms with Gasteiger partial charge in [-0.25, -0.2) is 9.97 Å². The second-order valence-corrected chi connectivity index (χ2v) is 5.67. The lowest BCUT2D eigenvalue weighted by Gasteiger charge is -2.35. The summed E-state index contributed by atoms with van der Waals surface area (Å²) in [6.07, 6.45) is 3.50. The van der Waals surface area contributed by atoms with Crippen molar-refractivity contribution < 1.29 is 0 Å². The monoisotopic (exact) mass is 396 g/mol. The van der Waals surface area contributed by atoms with Gasteiger partial charge in [-0.3, -0.25) is 4.90 Å². The molecule has 1 fully saturated rings. The van der Waals surface area contributed by atoms with E-state index in [1.165, 1.54) is 0 Å². The van der Waals surface area contributed by atoms with Gasteiger partial charge in [0.2, 0.25) is 0 Å². The lowest BCUT2D eigenvalue weighted by atomic mass is 10.3. The van der Waals surface area contributed by atoms with Crippen LogP contribution in [0.1, 0.15) is 0 Å². The molecule has 0 aromatic carbocycles. The molecule has 4 nitrogen and oxygen atoms in total. The van der Waals surface area contributed by atoms with E-state index in [-0.39, 0.29) is 0 Å². The van der Waals surface area contributed by atoms with Crippen molar-refractivity contribution in [2.75, 3.05) is 43.0 Å². The summed E-state index contributed by atoms with van der Waals surface area (Å²) in [5.41, 5.74) is 0. The van der Waals surface area contributed by atoms with Gasteiger partial charge in [-0.05, 0) is 22.6 Å². The van der Waals surface area contributed by atoms with Crippen molar-refractivity contribution in [1.29, 1.82) is 0 Å². The summed E-state index contributed by atoms with van der Waals surface area (Å²) in [7, 11) is 0. The molecule has 0 unspecified atom stereocenters. The lowest BCUT2D eigenvalue weighted by Crippen LogP contribution is -2.47. The molecular weight excluding hydrogens is 383 g/mol. The molecule has 0 spiro atoms. The Labute approximate surface area is 118 Å². The molecule has 88 valence electrons. The van der Waals surface area contributed by atoms with Gasteiger partial charge in [0.05, 0.1) is 3.57 Å². The van der Waals surface area contributed by atoms with E-state index in [0.717, 1.165) is 47.4 Å². The van der Waals surface area contributed by atoms with E-state index in [0.29, 0.717) is 0 Å². The standard InChI is InChI=1S/C10H14BrIN4/c11-1-2-15-3-5-16(6-4-15)10-9(12)7-13-8-14-10/h7-8H,1-6H2. The minimum absolute atomic E-state index is 1.05. The maximum atomic E-state index is 4.35. The molecular formula is C10H14BrIN4. The van der Waals surface area contributed by atoms with E-state index < -0.39 is 0 Å². The van der Waals surface area contributed by atoms with Crippen LogP contribution in [0.2, 0.25) is 0 Å². The van der Waals surface area contributed by atoms with Crippen LogP contribution in [0.3, 0.4) is 0 Å². The van der Waals surface area contributed by atoms with Crippen LogP contribution in [0.15, 0.2) is 12.5 Å². The number of nitrogens with zero attached hydrogens (tertiary/aromatic N) is 4. The highest BCUT2D eigenvalue weighted by atomic mass is 127. The summed E-state index contributed by atoms with van der Waals surface area (Å²) in [6.45, 7) is 5.48. The first-order chi connectivity index (χ1) is 7.81. The normalized spacial score (nSPS) is 17.8. The molecule has 1 aromatic heterocycles. The van der Waals surface area contributed by atoms with Crippen molar-refractivity contribution in [3.05, 3.63) is 16.1 Å². The fourth-order valence-electron chi connectivity index (χ4n) is 1.84. The maximum Gasteiger partial charge on any atom is 0.145 e. The van der Waals surface area contributed by atoms with Crippen LogP contribution in [0.4, 0.5) is 5.82 Å². The van der Waals surface area contributed by atoms with E-state index in [1.807, 2.05) is 6.20 Å². The van der Waals surface area contributed by atoms with Gasteiger partial charge in [0, 0.05) is 44.3 Å². The Hall–Kier alpha value is 0.0500. The molecule has 2 rings (SSSR count). The number of halogens is 2. The number of piperazine rings is 1. The van der Waals surface area contributed by atoms with Crippen molar-refractivity contribution >= 4 is 44.3 Å². The van der Waals surface area contributed by atoms with Gasteiger partial charge in [-0.15, -0.1) is 0 Å². The second-order valence-electron chi connectivity index (χ2n) is 3.71. The minimum atomic E-state index is 1.05. The Morgan fingerprint density at radius 1 is 1.31 bits per heavy atom. The molecule has 1 aliphatic rings. The summed E-state index contributed by atoms with van der Waals surface area (Å²) >= 11 is 5.78. The molecule has 0 radical (unpaired) electrons. The third-order valence-corrected chi connectivity index (χ3v) is 3.84. The summed E-state index contributed by atoms with van der Waals surface area (Å²) in [6, 6.07) is 0. The number of hydrogen-bond donors (Lipinski definition) is 0. The van der Waals surface area contributed by atoms with E-state index >= 15 is 0 Å². The molecule has 1 saturated heterocycles. The molecule has 1 aliphatic heterocycles. The first-order valence-corrected chi connectivity index (χ1v) is 7.50. The highest BCUT2D eigenvalue weighted by Gasteiger charge is 2.18. The van der Waals surface area contributed by atoms with Gasteiger partial charge in [-0.2, -0.15) is 0 Å². The second kappa shape index (κ2) is 6.11. The minimum Gasteiger partial charge on any atom is -0.353 e. The topological polar surface area (TPSA) is 32.3 Å². The predicted octanol–water partition coefficient (Wildman–Crippen LogP) is 1.60. The van der Waals surface area contributed by atoms with Gasteiger partial charge in [0.25, 0.3) is 0 Å². The predicted molar refractivity (Wildman–Crippen MR) is 77.2 cm³/mol. The molecule has 0 N–H and O–H groups in total. The first-order valence-electron chi connectivity index (χ1n) is 5.30. The molecule has 0 atom stereocenters. The average Bonchev–Trinajstić information content (AvgIpc) is 2.31.